The van der Waals surface area contributed by atoms with Crippen molar-refractivity contribution < 1.29 is 17.9 Å². The molecule has 2 heterocycles. The summed E-state index contributed by atoms with van der Waals surface area (Å²) in [4.78, 5) is 15.5. The lowest BCUT2D eigenvalue weighted by atomic mass is 10.1. The van der Waals surface area contributed by atoms with Gasteiger partial charge in [-0.15, -0.1) is 0 Å². The topological polar surface area (TPSA) is 91.5 Å². The Morgan fingerprint density at radius 1 is 1.32 bits per heavy atom. The Labute approximate surface area is 147 Å². The predicted molar refractivity (Wildman–Crippen MR) is 96.0 cm³/mol. The third-order valence-electron chi connectivity index (χ3n) is 4.48. The lowest BCUT2D eigenvalue weighted by Gasteiger charge is -2.32. The summed E-state index contributed by atoms with van der Waals surface area (Å²) < 4.78 is 31.0. The van der Waals surface area contributed by atoms with Gasteiger partial charge in [-0.05, 0) is 31.0 Å². The van der Waals surface area contributed by atoms with Crippen molar-refractivity contribution in [1.29, 1.82) is 0 Å². The first kappa shape index (κ1) is 17.9. The van der Waals surface area contributed by atoms with Crippen molar-refractivity contribution >= 4 is 26.8 Å². The van der Waals surface area contributed by atoms with Gasteiger partial charge in [0.05, 0.1) is 6.26 Å². The van der Waals surface area contributed by atoms with Gasteiger partial charge in [-0.25, -0.2) is 8.42 Å². The van der Waals surface area contributed by atoms with Gasteiger partial charge in [0.1, 0.15) is 0 Å². The fraction of sp³-hybridized carbons (Fsp3) is 0.471. The zero-order valence-corrected chi connectivity index (χ0v) is 15.0. The standard InChI is InChI=1S/C17H23N3O4S/c1-25(22,23)20(13-6-11-24-12-7-13)10-9-19-17(21)15-3-2-4-16-14(15)5-8-18-16/h2-5,8,13,18H,6-7,9-12H2,1H3,(H,19,21). The summed E-state index contributed by atoms with van der Waals surface area (Å²) >= 11 is 0. The normalized spacial score (nSPS) is 16.4. The van der Waals surface area contributed by atoms with Crippen molar-refractivity contribution in [2.24, 2.45) is 0 Å². The number of aromatic nitrogens is 1. The number of amides is 1. The average molecular weight is 365 g/mol. The van der Waals surface area contributed by atoms with Crippen LogP contribution in [0.5, 0.6) is 0 Å². The molecule has 0 spiro atoms. The Kier molecular flexibility index (Phi) is 5.41. The van der Waals surface area contributed by atoms with Crippen molar-refractivity contribution in [3.63, 3.8) is 0 Å². The van der Waals surface area contributed by atoms with Crippen molar-refractivity contribution in [3.05, 3.63) is 36.0 Å². The van der Waals surface area contributed by atoms with E-state index in [4.69, 9.17) is 4.74 Å². The van der Waals surface area contributed by atoms with E-state index < -0.39 is 10.0 Å². The Morgan fingerprint density at radius 2 is 2.08 bits per heavy atom. The molecule has 25 heavy (non-hydrogen) atoms. The molecule has 0 bridgehead atoms. The molecule has 8 heteroatoms. The monoisotopic (exact) mass is 365 g/mol. The molecule has 1 aliphatic rings. The van der Waals surface area contributed by atoms with Crippen molar-refractivity contribution in [3.8, 4) is 0 Å². The second-order valence-electron chi connectivity index (χ2n) is 6.22. The van der Waals surface area contributed by atoms with Crippen LogP contribution in [0, 0.1) is 0 Å². The van der Waals surface area contributed by atoms with Gasteiger partial charge in [0.2, 0.25) is 10.0 Å². The number of ether oxygens (including phenoxy) is 1. The van der Waals surface area contributed by atoms with Gasteiger partial charge in [-0.3, -0.25) is 4.79 Å². The molecule has 1 amide bonds. The molecule has 2 aromatic rings. The molecule has 0 aliphatic carbocycles. The number of rotatable bonds is 6. The van der Waals surface area contributed by atoms with E-state index in [1.165, 1.54) is 10.6 Å². The zero-order valence-electron chi connectivity index (χ0n) is 14.2. The Bertz CT molecular complexity index is 840. The minimum atomic E-state index is -3.33. The Morgan fingerprint density at radius 3 is 2.80 bits per heavy atom. The number of fused-ring (bicyclic) bond motifs is 1. The smallest absolute Gasteiger partial charge is 0.252 e. The van der Waals surface area contributed by atoms with Crippen LogP contribution in [0.2, 0.25) is 0 Å². The van der Waals surface area contributed by atoms with Crippen LogP contribution in [0.15, 0.2) is 30.5 Å². The first-order valence-corrected chi connectivity index (χ1v) is 10.2. The maximum Gasteiger partial charge on any atom is 0.252 e. The van der Waals surface area contributed by atoms with Gasteiger partial charge in [-0.2, -0.15) is 4.31 Å². The highest BCUT2D eigenvalue weighted by Crippen LogP contribution is 2.18. The zero-order chi connectivity index (χ0) is 17.9. The second-order valence-corrected chi connectivity index (χ2v) is 8.15. The van der Waals surface area contributed by atoms with Crippen LogP contribution in [-0.2, 0) is 14.8 Å². The summed E-state index contributed by atoms with van der Waals surface area (Å²) in [5.41, 5.74) is 1.48. The van der Waals surface area contributed by atoms with Crippen LogP contribution in [0.4, 0.5) is 0 Å². The van der Waals surface area contributed by atoms with E-state index in [0.29, 0.717) is 31.6 Å². The molecular formula is C17H23N3O4S. The third kappa shape index (κ3) is 4.20. The molecule has 1 saturated heterocycles. The molecule has 3 rings (SSSR count). The minimum absolute atomic E-state index is 0.0613. The number of hydrogen-bond acceptors (Lipinski definition) is 4. The molecule has 0 atom stereocenters. The van der Waals surface area contributed by atoms with Crippen LogP contribution in [0.25, 0.3) is 10.9 Å². The molecule has 0 unspecified atom stereocenters. The van der Waals surface area contributed by atoms with E-state index in [2.05, 4.69) is 10.3 Å². The summed E-state index contributed by atoms with van der Waals surface area (Å²) in [5.74, 6) is -0.203. The van der Waals surface area contributed by atoms with Crippen LogP contribution in [-0.4, -0.2) is 62.2 Å². The highest BCUT2D eigenvalue weighted by atomic mass is 32.2. The number of benzene rings is 1. The molecule has 0 radical (unpaired) electrons. The first-order chi connectivity index (χ1) is 12.0. The summed E-state index contributed by atoms with van der Waals surface area (Å²) in [5, 5.41) is 3.68. The molecule has 0 saturated carbocycles. The summed E-state index contributed by atoms with van der Waals surface area (Å²) in [7, 11) is -3.33. The molecule has 1 fully saturated rings. The van der Waals surface area contributed by atoms with Crippen LogP contribution < -0.4 is 5.32 Å². The Hall–Kier alpha value is -1.90. The van der Waals surface area contributed by atoms with E-state index in [9.17, 15) is 13.2 Å². The molecule has 1 aliphatic heterocycles. The molecule has 2 N–H and O–H groups in total. The number of nitrogens with zero attached hydrogens (tertiary/aromatic N) is 1. The van der Waals surface area contributed by atoms with Crippen LogP contribution in [0.1, 0.15) is 23.2 Å². The van der Waals surface area contributed by atoms with Gasteiger partial charge in [0, 0.05) is 55.0 Å². The maximum absolute atomic E-state index is 12.5. The summed E-state index contributed by atoms with van der Waals surface area (Å²) in [6.07, 6.45) is 4.37. The average Bonchev–Trinajstić information content (AvgIpc) is 3.06. The summed E-state index contributed by atoms with van der Waals surface area (Å²) in [6, 6.07) is 7.28. The van der Waals surface area contributed by atoms with Gasteiger partial charge in [-0.1, -0.05) is 6.07 Å². The fourth-order valence-corrected chi connectivity index (χ4v) is 4.43. The van der Waals surface area contributed by atoms with Crippen molar-refractivity contribution in [2.75, 3.05) is 32.6 Å². The van der Waals surface area contributed by atoms with E-state index in [-0.39, 0.29) is 25.0 Å². The van der Waals surface area contributed by atoms with Crippen molar-refractivity contribution in [1.82, 2.24) is 14.6 Å². The van der Waals surface area contributed by atoms with Gasteiger partial charge >= 0.3 is 0 Å². The number of aromatic amines is 1. The second kappa shape index (κ2) is 7.55. The maximum atomic E-state index is 12.5. The molecular weight excluding hydrogens is 342 g/mol. The van der Waals surface area contributed by atoms with Gasteiger partial charge in [0.25, 0.3) is 5.91 Å². The van der Waals surface area contributed by atoms with Crippen LogP contribution in [0.3, 0.4) is 0 Å². The lowest BCUT2D eigenvalue weighted by Crippen LogP contribution is -2.46. The largest absolute Gasteiger partial charge is 0.381 e. The van der Waals surface area contributed by atoms with E-state index in [1.807, 2.05) is 18.2 Å². The van der Waals surface area contributed by atoms with Gasteiger partial charge < -0.3 is 15.0 Å². The third-order valence-corrected chi connectivity index (χ3v) is 5.81. The molecule has 1 aromatic heterocycles. The van der Waals surface area contributed by atoms with E-state index in [0.717, 1.165) is 10.9 Å². The first-order valence-electron chi connectivity index (χ1n) is 8.35. The molecule has 136 valence electrons. The highest BCUT2D eigenvalue weighted by molar-refractivity contribution is 7.88. The van der Waals surface area contributed by atoms with E-state index >= 15 is 0 Å². The highest BCUT2D eigenvalue weighted by Gasteiger charge is 2.28. The molecule has 1 aromatic carbocycles. The lowest BCUT2D eigenvalue weighted by molar-refractivity contribution is 0.0585. The number of sulfonamides is 1. The van der Waals surface area contributed by atoms with Crippen LogP contribution >= 0.6 is 0 Å². The number of H-pyrrole nitrogens is 1. The quantitative estimate of drug-likeness (QED) is 0.808. The fourth-order valence-electron chi connectivity index (χ4n) is 3.25. The van der Waals surface area contributed by atoms with Gasteiger partial charge in [0.15, 0.2) is 0 Å². The van der Waals surface area contributed by atoms with E-state index in [1.54, 1.807) is 12.3 Å². The molecule has 7 nitrogen and oxygen atoms in total. The van der Waals surface area contributed by atoms with Crippen molar-refractivity contribution in [2.45, 2.75) is 18.9 Å². The SMILES string of the molecule is CS(=O)(=O)N(CCNC(=O)c1cccc2[nH]ccc12)C1CCOCC1. The summed E-state index contributed by atoms with van der Waals surface area (Å²) in [6.45, 7) is 1.67. The predicted octanol–water partition coefficient (Wildman–Crippen LogP) is 1.34. The number of nitrogens with one attached hydrogen (secondary N) is 2. The number of hydrogen-bond donors (Lipinski definition) is 2. The number of carbonyl (C=O) groups is 1. The minimum Gasteiger partial charge on any atom is -0.381 e. The number of carbonyl (C=O) groups excluding carboxylic acids is 1. The Balaban J connectivity index is 1.63.